The van der Waals surface area contributed by atoms with Crippen molar-refractivity contribution in [2.75, 3.05) is 26.7 Å². The summed E-state index contributed by atoms with van der Waals surface area (Å²) in [4.78, 5) is 27.0. The highest BCUT2D eigenvalue weighted by Gasteiger charge is 2.35. The zero-order chi connectivity index (χ0) is 17.8. The van der Waals surface area contributed by atoms with Gasteiger partial charge in [-0.15, -0.1) is 12.4 Å². The van der Waals surface area contributed by atoms with Crippen molar-refractivity contribution in [3.05, 3.63) is 29.8 Å². The van der Waals surface area contributed by atoms with Crippen LogP contribution in [0.25, 0.3) is 0 Å². The molecule has 0 aliphatic carbocycles. The molecule has 0 aromatic heterocycles. The van der Waals surface area contributed by atoms with Crippen LogP contribution < -0.4 is 10.5 Å². The molecule has 1 amide bonds. The lowest BCUT2D eigenvalue weighted by Crippen LogP contribution is -2.45. The van der Waals surface area contributed by atoms with Gasteiger partial charge in [-0.1, -0.05) is 0 Å². The number of carbonyl (C=O) groups excluding carboxylic acids is 2. The lowest BCUT2D eigenvalue weighted by molar-refractivity contribution is -0.144. The largest absolute Gasteiger partial charge is 0.497 e. The maximum Gasteiger partial charge on any atom is 0.251 e. The first kappa shape index (κ1) is 20.7. The van der Waals surface area contributed by atoms with Crippen LogP contribution in [-0.2, 0) is 9.53 Å². The Balaban J connectivity index is 0.00000243. The average Bonchev–Trinajstić information content (AvgIpc) is 3.16. The molecule has 0 bridgehead atoms. The van der Waals surface area contributed by atoms with E-state index in [0.29, 0.717) is 38.0 Å². The monoisotopic (exact) mass is 382 g/mol. The number of amides is 1. The molecule has 0 spiro atoms. The van der Waals surface area contributed by atoms with E-state index in [1.807, 2.05) is 4.90 Å². The number of carbonyl (C=O) groups is 2. The molecule has 0 unspecified atom stereocenters. The van der Waals surface area contributed by atoms with E-state index in [9.17, 15) is 9.59 Å². The minimum Gasteiger partial charge on any atom is -0.497 e. The number of ketones is 1. The van der Waals surface area contributed by atoms with Gasteiger partial charge < -0.3 is 20.1 Å². The molecule has 26 heavy (non-hydrogen) atoms. The molecule has 2 fully saturated rings. The van der Waals surface area contributed by atoms with Gasteiger partial charge in [0.1, 0.15) is 11.9 Å². The molecule has 2 atom stereocenters. The SMILES string of the molecule is COc1ccc(C(=O)C2CCN(C(=O)[C@@H]3CC[C@H](CN)O3)CC2)cc1.Cl. The van der Waals surface area contributed by atoms with Crippen LogP contribution in [0, 0.1) is 5.92 Å². The van der Waals surface area contributed by atoms with Crippen molar-refractivity contribution in [2.24, 2.45) is 11.7 Å². The van der Waals surface area contributed by atoms with Crippen molar-refractivity contribution in [1.82, 2.24) is 4.90 Å². The van der Waals surface area contributed by atoms with Crippen molar-refractivity contribution in [3.8, 4) is 5.75 Å². The Morgan fingerprint density at radius 3 is 2.35 bits per heavy atom. The fourth-order valence-electron chi connectivity index (χ4n) is 3.62. The van der Waals surface area contributed by atoms with Crippen LogP contribution in [0.5, 0.6) is 5.75 Å². The number of likely N-dealkylation sites (tertiary alicyclic amines) is 1. The van der Waals surface area contributed by atoms with E-state index in [1.165, 1.54) is 0 Å². The van der Waals surface area contributed by atoms with Gasteiger partial charge in [0.05, 0.1) is 13.2 Å². The lowest BCUT2D eigenvalue weighted by Gasteiger charge is -2.33. The van der Waals surface area contributed by atoms with Crippen molar-refractivity contribution in [1.29, 1.82) is 0 Å². The third kappa shape index (κ3) is 4.55. The summed E-state index contributed by atoms with van der Waals surface area (Å²) in [5, 5.41) is 0. The van der Waals surface area contributed by atoms with E-state index in [2.05, 4.69) is 0 Å². The Hall–Kier alpha value is -1.63. The third-order valence-corrected chi connectivity index (χ3v) is 5.20. The summed E-state index contributed by atoms with van der Waals surface area (Å²) in [6.45, 7) is 1.68. The highest BCUT2D eigenvalue weighted by Crippen LogP contribution is 2.26. The van der Waals surface area contributed by atoms with Gasteiger partial charge in [0, 0.05) is 31.1 Å². The Kier molecular flexibility index (Phi) is 7.43. The summed E-state index contributed by atoms with van der Waals surface area (Å²) in [5.41, 5.74) is 6.31. The van der Waals surface area contributed by atoms with Gasteiger partial charge in [-0.2, -0.15) is 0 Å². The van der Waals surface area contributed by atoms with Crippen LogP contribution in [0.2, 0.25) is 0 Å². The van der Waals surface area contributed by atoms with Gasteiger partial charge in [0.2, 0.25) is 0 Å². The molecular weight excluding hydrogens is 356 g/mol. The van der Waals surface area contributed by atoms with Crippen LogP contribution in [0.4, 0.5) is 0 Å². The molecule has 1 aromatic rings. The number of methoxy groups -OCH3 is 1. The van der Waals surface area contributed by atoms with E-state index in [0.717, 1.165) is 18.6 Å². The van der Waals surface area contributed by atoms with E-state index in [-0.39, 0.29) is 42.2 Å². The van der Waals surface area contributed by atoms with Gasteiger partial charge in [-0.25, -0.2) is 0 Å². The predicted octanol–water partition coefficient (Wildman–Crippen LogP) is 2.04. The molecule has 7 heteroatoms. The molecule has 0 saturated carbocycles. The minimum atomic E-state index is -0.359. The second-order valence-electron chi connectivity index (χ2n) is 6.75. The molecule has 2 N–H and O–H groups in total. The van der Waals surface area contributed by atoms with Crippen LogP contribution in [0.3, 0.4) is 0 Å². The highest BCUT2D eigenvalue weighted by atomic mass is 35.5. The number of nitrogens with zero attached hydrogens (tertiary/aromatic N) is 1. The zero-order valence-electron chi connectivity index (χ0n) is 15.1. The predicted molar refractivity (Wildman–Crippen MR) is 101 cm³/mol. The molecule has 6 nitrogen and oxygen atoms in total. The molecule has 3 rings (SSSR count). The Labute approximate surface area is 160 Å². The Morgan fingerprint density at radius 1 is 1.15 bits per heavy atom. The Bertz CT molecular complexity index is 614. The number of rotatable bonds is 5. The summed E-state index contributed by atoms with van der Waals surface area (Å²) in [7, 11) is 1.60. The molecule has 1 aromatic carbocycles. The second-order valence-corrected chi connectivity index (χ2v) is 6.75. The smallest absolute Gasteiger partial charge is 0.251 e. The number of hydrogen-bond donors (Lipinski definition) is 1. The van der Waals surface area contributed by atoms with E-state index in [1.54, 1.807) is 31.4 Å². The summed E-state index contributed by atoms with van der Waals surface area (Å²) < 4.78 is 10.8. The molecule has 2 aliphatic rings. The number of benzene rings is 1. The first-order valence-corrected chi connectivity index (χ1v) is 8.95. The van der Waals surface area contributed by atoms with Crippen molar-refractivity contribution in [2.45, 2.75) is 37.9 Å². The molecule has 2 saturated heterocycles. The number of halogens is 1. The molecular formula is C19H27ClN2O4. The molecule has 2 aliphatic heterocycles. The van der Waals surface area contributed by atoms with Crippen LogP contribution >= 0.6 is 12.4 Å². The quantitative estimate of drug-likeness (QED) is 0.788. The van der Waals surface area contributed by atoms with Crippen molar-refractivity contribution >= 4 is 24.1 Å². The van der Waals surface area contributed by atoms with Gasteiger partial charge in [-0.05, 0) is 49.9 Å². The topological polar surface area (TPSA) is 81.9 Å². The lowest BCUT2D eigenvalue weighted by atomic mass is 9.88. The summed E-state index contributed by atoms with van der Waals surface area (Å²) in [6.07, 6.45) is 2.63. The summed E-state index contributed by atoms with van der Waals surface area (Å²) >= 11 is 0. The van der Waals surface area contributed by atoms with Crippen LogP contribution in [-0.4, -0.2) is 55.5 Å². The normalized spacial score (nSPS) is 23.4. The van der Waals surface area contributed by atoms with Crippen molar-refractivity contribution < 1.29 is 19.1 Å². The van der Waals surface area contributed by atoms with Gasteiger partial charge in [0.15, 0.2) is 5.78 Å². The molecule has 0 radical (unpaired) electrons. The van der Waals surface area contributed by atoms with E-state index in [4.69, 9.17) is 15.2 Å². The number of nitrogens with two attached hydrogens (primary N) is 1. The fraction of sp³-hybridized carbons (Fsp3) is 0.579. The summed E-state index contributed by atoms with van der Waals surface area (Å²) in [6, 6.07) is 7.21. The molecule has 2 heterocycles. The van der Waals surface area contributed by atoms with Gasteiger partial charge in [0.25, 0.3) is 5.91 Å². The number of hydrogen-bond acceptors (Lipinski definition) is 5. The minimum absolute atomic E-state index is 0. The number of piperidine rings is 1. The third-order valence-electron chi connectivity index (χ3n) is 5.20. The zero-order valence-corrected chi connectivity index (χ0v) is 15.9. The van der Waals surface area contributed by atoms with Crippen LogP contribution in [0.1, 0.15) is 36.0 Å². The average molecular weight is 383 g/mol. The number of Topliss-reactive ketones (excluding diaryl/α,β-unsaturated/α-hetero) is 1. The molecule has 144 valence electrons. The van der Waals surface area contributed by atoms with E-state index >= 15 is 0 Å². The maximum absolute atomic E-state index is 12.6. The highest BCUT2D eigenvalue weighted by molar-refractivity contribution is 5.98. The van der Waals surface area contributed by atoms with Gasteiger partial charge >= 0.3 is 0 Å². The number of ether oxygens (including phenoxy) is 2. The first-order chi connectivity index (χ1) is 12.1. The second kappa shape index (κ2) is 9.35. The van der Waals surface area contributed by atoms with E-state index < -0.39 is 0 Å². The first-order valence-electron chi connectivity index (χ1n) is 8.95. The van der Waals surface area contributed by atoms with Crippen molar-refractivity contribution in [3.63, 3.8) is 0 Å². The fourth-order valence-corrected chi connectivity index (χ4v) is 3.62. The Morgan fingerprint density at radius 2 is 1.81 bits per heavy atom. The van der Waals surface area contributed by atoms with Gasteiger partial charge in [-0.3, -0.25) is 9.59 Å². The maximum atomic E-state index is 12.6. The summed E-state index contributed by atoms with van der Waals surface area (Å²) in [5.74, 6) is 0.907. The standard InChI is InChI=1S/C19H26N2O4.ClH/c1-24-15-4-2-13(3-5-15)18(22)14-8-10-21(11-9-14)19(23)17-7-6-16(12-20)25-17;/h2-5,14,16-17H,6-12,20H2,1H3;1H/t16-,17+;/m1./s1. The van der Waals surface area contributed by atoms with Crippen LogP contribution in [0.15, 0.2) is 24.3 Å².